The fourth-order valence-electron chi connectivity index (χ4n) is 9.99. The lowest BCUT2D eigenvalue weighted by molar-refractivity contribution is -0.151. The summed E-state index contributed by atoms with van der Waals surface area (Å²) in [6.45, 7) is 6.52. The number of aliphatic hydroxyl groups is 2. The molecule has 3 unspecified atom stereocenters. The van der Waals surface area contributed by atoms with Crippen molar-refractivity contribution in [2.45, 2.75) is 366 Å². The van der Waals surface area contributed by atoms with Gasteiger partial charge < -0.3 is 20.3 Å². The van der Waals surface area contributed by atoms with Gasteiger partial charge in [0.25, 0.3) is 0 Å². The van der Waals surface area contributed by atoms with E-state index in [2.05, 4.69) is 50.4 Å². The number of allylic oxidation sites excluding steroid dienone is 4. The molecule has 0 aromatic rings. The largest absolute Gasteiger partial charge is 0.462 e. The van der Waals surface area contributed by atoms with Gasteiger partial charge in [-0.3, -0.25) is 9.59 Å². The number of carbonyl (C=O) groups is 2. The second-order valence-corrected chi connectivity index (χ2v) is 21.8. The third-order valence-corrected chi connectivity index (χ3v) is 14.8. The van der Waals surface area contributed by atoms with Gasteiger partial charge in [0.2, 0.25) is 5.91 Å². The second kappa shape index (κ2) is 58.2. The third-order valence-electron chi connectivity index (χ3n) is 14.8. The van der Waals surface area contributed by atoms with Crippen LogP contribution in [0.3, 0.4) is 0 Å². The van der Waals surface area contributed by atoms with Gasteiger partial charge in [0.05, 0.1) is 25.2 Å². The summed E-state index contributed by atoms with van der Waals surface area (Å²) in [5, 5.41) is 24.0. The summed E-state index contributed by atoms with van der Waals surface area (Å²) in [6, 6.07) is -0.701. The molecule has 3 N–H and O–H groups in total. The zero-order chi connectivity index (χ0) is 50.9. The van der Waals surface area contributed by atoms with Crippen molar-refractivity contribution < 1.29 is 24.5 Å². The standard InChI is InChI=1S/C64H123NO5/c1-4-7-10-13-16-19-22-25-28-31-33-36-39-42-45-48-51-54-57-64(69)70-60(55-52-49-46-43-40-37-34-32-29-26-23-20-17-14-11-8-5-2)58-63(68)65-61(59-66)62(67)56-53-50-47-44-41-38-35-30-27-24-21-18-15-12-9-6-3/h17,20,26,29,60-62,66-67H,4-16,18-19,21-25,27-28,30-59H2,1-3H3,(H,65,68)/b20-17-,29-26-. The van der Waals surface area contributed by atoms with Gasteiger partial charge in [0, 0.05) is 6.42 Å². The van der Waals surface area contributed by atoms with Gasteiger partial charge in [-0.25, -0.2) is 0 Å². The molecule has 0 radical (unpaired) electrons. The molecule has 1 amide bonds. The Morgan fingerprint density at radius 3 is 1.11 bits per heavy atom. The number of amides is 1. The Kier molecular flexibility index (Phi) is 56.9. The molecule has 0 aromatic heterocycles. The minimum absolute atomic E-state index is 0.0787. The molecule has 0 saturated heterocycles. The maximum absolute atomic E-state index is 13.3. The average Bonchev–Trinajstić information content (AvgIpc) is 3.35. The van der Waals surface area contributed by atoms with Crippen LogP contribution in [-0.4, -0.2) is 46.9 Å². The average molecular weight is 987 g/mol. The Hall–Kier alpha value is -1.66. The monoisotopic (exact) mass is 986 g/mol. The molecular formula is C64H123NO5. The zero-order valence-electron chi connectivity index (χ0n) is 47.4. The summed E-state index contributed by atoms with van der Waals surface area (Å²) in [4.78, 5) is 26.4. The Balaban J connectivity index is 4.51. The highest BCUT2D eigenvalue weighted by Gasteiger charge is 2.24. The molecule has 0 bridgehead atoms. The van der Waals surface area contributed by atoms with Crippen molar-refractivity contribution in [3.63, 3.8) is 0 Å². The summed E-state index contributed by atoms with van der Waals surface area (Å²) < 4.78 is 5.99. The van der Waals surface area contributed by atoms with E-state index in [0.717, 1.165) is 64.2 Å². The van der Waals surface area contributed by atoms with Crippen LogP contribution in [0.4, 0.5) is 0 Å². The SMILES string of the molecule is CCCCC/C=C\C/C=C\CCCCCCCCCC(CC(=O)NC(CO)C(O)CCCCCCCCCCCCCCCCCC)OC(=O)CCCCCCCCCCCCCCCCCCCC. The second-order valence-electron chi connectivity index (χ2n) is 21.8. The van der Waals surface area contributed by atoms with E-state index in [0.29, 0.717) is 19.3 Å². The van der Waals surface area contributed by atoms with E-state index >= 15 is 0 Å². The number of aliphatic hydroxyl groups excluding tert-OH is 2. The number of unbranched alkanes of at least 4 members (excludes halogenated alkanes) is 42. The van der Waals surface area contributed by atoms with Crippen LogP contribution in [0.1, 0.15) is 348 Å². The van der Waals surface area contributed by atoms with Crippen molar-refractivity contribution in [3.05, 3.63) is 24.3 Å². The van der Waals surface area contributed by atoms with E-state index in [1.54, 1.807) is 0 Å². The van der Waals surface area contributed by atoms with Gasteiger partial charge in [-0.2, -0.15) is 0 Å². The van der Waals surface area contributed by atoms with Crippen molar-refractivity contribution in [2.75, 3.05) is 6.61 Å². The van der Waals surface area contributed by atoms with Crippen LogP contribution in [0.15, 0.2) is 24.3 Å². The van der Waals surface area contributed by atoms with Crippen LogP contribution < -0.4 is 5.32 Å². The van der Waals surface area contributed by atoms with Gasteiger partial charge in [-0.1, -0.05) is 302 Å². The number of esters is 1. The molecule has 6 nitrogen and oxygen atoms in total. The van der Waals surface area contributed by atoms with Crippen LogP contribution in [0.2, 0.25) is 0 Å². The predicted octanol–water partition coefficient (Wildman–Crippen LogP) is 19.8. The first-order valence-electron chi connectivity index (χ1n) is 31.6. The highest BCUT2D eigenvalue weighted by molar-refractivity contribution is 5.77. The van der Waals surface area contributed by atoms with Gasteiger partial charge in [0.1, 0.15) is 6.10 Å². The summed E-state index contributed by atoms with van der Waals surface area (Å²) in [7, 11) is 0. The molecule has 0 aliphatic carbocycles. The molecule has 0 fully saturated rings. The Morgan fingerprint density at radius 1 is 0.414 bits per heavy atom. The van der Waals surface area contributed by atoms with E-state index in [9.17, 15) is 19.8 Å². The molecule has 3 atom stereocenters. The maximum Gasteiger partial charge on any atom is 0.306 e. The van der Waals surface area contributed by atoms with E-state index in [1.807, 2.05) is 0 Å². The van der Waals surface area contributed by atoms with E-state index < -0.39 is 18.2 Å². The number of nitrogens with one attached hydrogen (secondary N) is 1. The Bertz CT molecular complexity index is 1110. The molecule has 70 heavy (non-hydrogen) atoms. The van der Waals surface area contributed by atoms with E-state index in [-0.39, 0.29) is 24.9 Å². The van der Waals surface area contributed by atoms with E-state index in [1.165, 1.54) is 238 Å². The number of rotatable bonds is 58. The van der Waals surface area contributed by atoms with E-state index in [4.69, 9.17) is 4.74 Å². The number of ether oxygens (including phenoxy) is 1. The normalized spacial score (nSPS) is 13.2. The minimum atomic E-state index is -0.788. The molecule has 414 valence electrons. The Labute approximate surface area is 437 Å². The van der Waals surface area contributed by atoms with Crippen molar-refractivity contribution in [2.24, 2.45) is 0 Å². The fourth-order valence-corrected chi connectivity index (χ4v) is 9.99. The first kappa shape index (κ1) is 68.3. The number of carbonyl (C=O) groups excluding carboxylic acids is 2. The predicted molar refractivity (Wildman–Crippen MR) is 306 cm³/mol. The quantitative estimate of drug-likeness (QED) is 0.0321. The lowest BCUT2D eigenvalue weighted by Gasteiger charge is -2.24. The first-order valence-corrected chi connectivity index (χ1v) is 31.6. The van der Waals surface area contributed by atoms with Crippen LogP contribution in [0.25, 0.3) is 0 Å². The van der Waals surface area contributed by atoms with Crippen LogP contribution in [-0.2, 0) is 14.3 Å². The topological polar surface area (TPSA) is 95.9 Å². The van der Waals surface area contributed by atoms with Gasteiger partial charge in [0.15, 0.2) is 0 Å². The molecular weight excluding hydrogens is 863 g/mol. The first-order chi connectivity index (χ1) is 34.5. The highest BCUT2D eigenvalue weighted by atomic mass is 16.5. The molecule has 0 saturated carbocycles. The summed E-state index contributed by atoms with van der Waals surface area (Å²) in [6.07, 6.45) is 69.6. The van der Waals surface area contributed by atoms with Crippen LogP contribution >= 0.6 is 0 Å². The number of hydrogen-bond donors (Lipinski definition) is 3. The van der Waals surface area contributed by atoms with Crippen molar-refractivity contribution in [1.82, 2.24) is 5.32 Å². The van der Waals surface area contributed by atoms with Gasteiger partial charge in [-0.15, -0.1) is 0 Å². The molecule has 0 aromatic carbocycles. The molecule has 0 spiro atoms. The Morgan fingerprint density at radius 2 is 0.729 bits per heavy atom. The van der Waals surface area contributed by atoms with Crippen molar-refractivity contribution >= 4 is 11.9 Å². The van der Waals surface area contributed by atoms with Gasteiger partial charge in [-0.05, 0) is 57.8 Å². The lowest BCUT2D eigenvalue weighted by Crippen LogP contribution is -2.46. The highest BCUT2D eigenvalue weighted by Crippen LogP contribution is 2.19. The van der Waals surface area contributed by atoms with Crippen LogP contribution in [0, 0.1) is 0 Å². The maximum atomic E-state index is 13.3. The lowest BCUT2D eigenvalue weighted by atomic mass is 10.0. The smallest absolute Gasteiger partial charge is 0.306 e. The molecule has 0 aliphatic rings. The van der Waals surface area contributed by atoms with Crippen molar-refractivity contribution in [1.29, 1.82) is 0 Å². The van der Waals surface area contributed by atoms with Crippen molar-refractivity contribution in [3.8, 4) is 0 Å². The summed E-state index contributed by atoms with van der Waals surface area (Å²) in [5.41, 5.74) is 0. The molecule has 0 heterocycles. The fraction of sp³-hybridized carbons (Fsp3) is 0.906. The summed E-state index contributed by atoms with van der Waals surface area (Å²) in [5.74, 6) is -0.457. The third kappa shape index (κ3) is 52.7. The van der Waals surface area contributed by atoms with Crippen LogP contribution in [0.5, 0.6) is 0 Å². The minimum Gasteiger partial charge on any atom is -0.462 e. The van der Waals surface area contributed by atoms with Gasteiger partial charge >= 0.3 is 5.97 Å². The number of hydrogen-bond acceptors (Lipinski definition) is 5. The molecule has 0 aliphatic heterocycles. The molecule has 0 rings (SSSR count). The zero-order valence-corrected chi connectivity index (χ0v) is 47.4. The molecule has 6 heteroatoms. The summed E-state index contributed by atoms with van der Waals surface area (Å²) >= 11 is 0.